The Morgan fingerprint density at radius 2 is 2.56 bits per heavy atom. The van der Waals surface area contributed by atoms with E-state index in [1.54, 1.807) is 11.3 Å². The smallest absolute Gasteiger partial charge is 0.101 e. The van der Waals surface area contributed by atoms with Crippen molar-refractivity contribution >= 4 is 37.5 Å². The first kappa shape index (κ1) is 5.50. The van der Waals surface area contributed by atoms with Crippen LogP contribution in [0.25, 0.3) is 10.2 Å². The van der Waals surface area contributed by atoms with Gasteiger partial charge in [0.1, 0.15) is 4.83 Å². The Balaban J connectivity index is 2.92. The highest BCUT2D eigenvalue weighted by Gasteiger charge is 1.97. The van der Waals surface area contributed by atoms with Gasteiger partial charge in [0, 0.05) is 5.39 Å². The molecular formula is C6H3BrNS. The van der Waals surface area contributed by atoms with E-state index in [0.717, 1.165) is 3.79 Å². The number of hydrogen-bond donors (Lipinski definition) is 1. The summed E-state index contributed by atoms with van der Waals surface area (Å²) in [6, 6.07) is 4.02. The van der Waals surface area contributed by atoms with Crippen LogP contribution in [0.3, 0.4) is 0 Å². The van der Waals surface area contributed by atoms with Gasteiger partial charge in [-0.3, -0.25) is 0 Å². The molecule has 3 heteroatoms. The zero-order valence-corrected chi connectivity index (χ0v) is 6.84. The first-order valence-electron chi connectivity index (χ1n) is 2.50. The average Bonchev–Trinajstić information content (AvgIpc) is 2.22. The normalized spacial score (nSPS) is 10.8. The van der Waals surface area contributed by atoms with E-state index in [-0.39, 0.29) is 0 Å². The molecular weight excluding hydrogens is 198 g/mol. The summed E-state index contributed by atoms with van der Waals surface area (Å²) in [7, 11) is 0. The Labute approximate surface area is 64.8 Å². The number of hydrogen-bond acceptors (Lipinski definition) is 1. The molecule has 45 valence electrons. The molecule has 1 radical (unpaired) electrons. The zero-order chi connectivity index (χ0) is 6.27. The largest absolute Gasteiger partial charge is 0.345 e. The number of aromatic amines is 1. The third kappa shape index (κ3) is 0.804. The van der Waals surface area contributed by atoms with Gasteiger partial charge in [0.15, 0.2) is 0 Å². The van der Waals surface area contributed by atoms with Gasteiger partial charge >= 0.3 is 0 Å². The highest BCUT2D eigenvalue weighted by atomic mass is 79.9. The molecule has 0 unspecified atom stereocenters. The van der Waals surface area contributed by atoms with Gasteiger partial charge in [-0.15, -0.1) is 11.3 Å². The highest BCUT2D eigenvalue weighted by molar-refractivity contribution is 9.11. The number of thiophene rings is 1. The lowest BCUT2D eigenvalue weighted by Crippen LogP contribution is -1.47. The van der Waals surface area contributed by atoms with E-state index >= 15 is 0 Å². The maximum atomic E-state index is 3.39. The maximum Gasteiger partial charge on any atom is 0.101 e. The van der Waals surface area contributed by atoms with Gasteiger partial charge in [-0.1, -0.05) is 0 Å². The molecule has 0 spiro atoms. The average molecular weight is 201 g/mol. The molecule has 1 nitrogen and oxygen atoms in total. The Morgan fingerprint density at radius 3 is 3.33 bits per heavy atom. The molecule has 0 aromatic carbocycles. The summed E-state index contributed by atoms with van der Waals surface area (Å²) in [5.41, 5.74) is 0. The van der Waals surface area contributed by atoms with Crippen LogP contribution in [0, 0.1) is 6.20 Å². The molecule has 0 aliphatic carbocycles. The van der Waals surface area contributed by atoms with Crippen LogP contribution < -0.4 is 0 Å². The Morgan fingerprint density at radius 1 is 1.67 bits per heavy atom. The molecule has 2 aromatic heterocycles. The lowest BCUT2D eigenvalue weighted by molar-refractivity contribution is 1.48. The molecule has 0 saturated carbocycles. The first-order valence-corrected chi connectivity index (χ1v) is 4.11. The van der Waals surface area contributed by atoms with Crippen LogP contribution >= 0.6 is 27.3 Å². The lowest BCUT2D eigenvalue weighted by Gasteiger charge is -1.68. The van der Waals surface area contributed by atoms with Crippen LogP contribution in [0.4, 0.5) is 0 Å². The Bertz CT molecular complexity index is 294. The fourth-order valence-electron chi connectivity index (χ4n) is 0.758. The van der Waals surface area contributed by atoms with Crippen molar-refractivity contribution in [3.8, 4) is 0 Å². The van der Waals surface area contributed by atoms with Gasteiger partial charge in [-0.2, -0.15) is 0 Å². The van der Waals surface area contributed by atoms with Gasteiger partial charge in [-0.25, -0.2) is 0 Å². The van der Waals surface area contributed by atoms with Crippen molar-refractivity contribution in [1.82, 2.24) is 4.98 Å². The third-order valence-electron chi connectivity index (χ3n) is 1.14. The first-order chi connectivity index (χ1) is 4.36. The minimum absolute atomic E-state index is 1.16. The van der Waals surface area contributed by atoms with E-state index in [4.69, 9.17) is 0 Å². The van der Waals surface area contributed by atoms with E-state index in [9.17, 15) is 0 Å². The van der Waals surface area contributed by atoms with Crippen LogP contribution in [-0.2, 0) is 0 Å². The molecule has 2 heterocycles. The van der Waals surface area contributed by atoms with Gasteiger partial charge in [0.05, 0.1) is 9.98 Å². The minimum atomic E-state index is 1.16. The molecule has 2 rings (SSSR count). The predicted molar refractivity (Wildman–Crippen MR) is 42.7 cm³/mol. The number of fused-ring (bicyclic) bond motifs is 1. The second-order valence-electron chi connectivity index (χ2n) is 1.75. The number of halogens is 1. The summed E-state index contributed by atoms with van der Waals surface area (Å²) in [6.07, 6.45) is 2.91. The van der Waals surface area contributed by atoms with E-state index in [2.05, 4.69) is 33.2 Å². The maximum absolute atomic E-state index is 3.39. The Hall–Kier alpha value is -0.280. The van der Waals surface area contributed by atoms with Crippen molar-refractivity contribution in [3.05, 3.63) is 22.1 Å². The summed E-state index contributed by atoms with van der Waals surface area (Å²) in [5.74, 6) is 0. The molecule has 0 saturated heterocycles. The van der Waals surface area contributed by atoms with Crippen LogP contribution in [0.15, 0.2) is 15.9 Å². The van der Waals surface area contributed by atoms with Crippen LogP contribution in [0.5, 0.6) is 0 Å². The van der Waals surface area contributed by atoms with E-state index in [0.29, 0.717) is 0 Å². The Kier molecular flexibility index (Phi) is 1.13. The topological polar surface area (TPSA) is 15.8 Å². The van der Waals surface area contributed by atoms with Crippen LogP contribution in [-0.4, -0.2) is 4.98 Å². The molecule has 0 atom stereocenters. The highest BCUT2D eigenvalue weighted by Crippen LogP contribution is 2.27. The number of rotatable bonds is 0. The summed E-state index contributed by atoms with van der Waals surface area (Å²) in [4.78, 5) is 4.19. The second-order valence-corrected chi connectivity index (χ2v) is 4.18. The standard InChI is InChI=1S/C6H3BrNS/c7-5-3-4-1-2-8-6(4)9-5/h1,3,8H. The van der Waals surface area contributed by atoms with Crippen molar-refractivity contribution in [2.45, 2.75) is 0 Å². The monoisotopic (exact) mass is 200 g/mol. The van der Waals surface area contributed by atoms with Crippen molar-refractivity contribution in [2.75, 3.05) is 0 Å². The fraction of sp³-hybridized carbons (Fsp3) is 0. The van der Waals surface area contributed by atoms with Crippen molar-refractivity contribution < 1.29 is 0 Å². The minimum Gasteiger partial charge on any atom is -0.345 e. The molecule has 9 heavy (non-hydrogen) atoms. The van der Waals surface area contributed by atoms with Gasteiger partial charge < -0.3 is 4.98 Å². The van der Waals surface area contributed by atoms with Gasteiger partial charge in [-0.05, 0) is 28.1 Å². The summed E-state index contributed by atoms with van der Waals surface area (Å²) < 4.78 is 1.16. The summed E-state index contributed by atoms with van der Waals surface area (Å²) in [5, 5.41) is 1.23. The molecule has 0 amide bonds. The van der Waals surface area contributed by atoms with Crippen LogP contribution in [0.1, 0.15) is 0 Å². The van der Waals surface area contributed by atoms with E-state index in [1.165, 1.54) is 10.2 Å². The van der Waals surface area contributed by atoms with Gasteiger partial charge in [0.2, 0.25) is 0 Å². The number of nitrogens with one attached hydrogen (secondary N) is 1. The van der Waals surface area contributed by atoms with E-state index in [1.807, 2.05) is 6.07 Å². The van der Waals surface area contributed by atoms with E-state index < -0.39 is 0 Å². The fourth-order valence-corrected chi connectivity index (χ4v) is 2.22. The predicted octanol–water partition coefficient (Wildman–Crippen LogP) is 2.79. The zero-order valence-electron chi connectivity index (χ0n) is 4.44. The summed E-state index contributed by atoms with van der Waals surface area (Å²) >= 11 is 5.08. The molecule has 0 aliphatic rings. The second kappa shape index (κ2) is 1.85. The third-order valence-corrected chi connectivity index (χ3v) is 2.71. The molecule has 2 aromatic rings. The molecule has 0 bridgehead atoms. The van der Waals surface area contributed by atoms with Crippen LogP contribution in [0.2, 0.25) is 0 Å². The lowest BCUT2D eigenvalue weighted by atomic mass is 10.4. The van der Waals surface area contributed by atoms with Crippen molar-refractivity contribution in [3.63, 3.8) is 0 Å². The van der Waals surface area contributed by atoms with Gasteiger partial charge in [0.25, 0.3) is 0 Å². The SMILES string of the molecule is Brc1cc2c[c][nH]c2s1. The quantitative estimate of drug-likeness (QED) is 0.674. The molecule has 0 fully saturated rings. The molecule has 1 N–H and O–H groups in total. The molecule has 0 aliphatic heterocycles. The summed E-state index contributed by atoms with van der Waals surface area (Å²) in [6.45, 7) is 0. The number of aromatic nitrogens is 1. The number of H-pyrrole nitrogens is 1. The van der Waals surface area contributed by atoms with Crippen molar-refractivity contribution in [1.29, 1.82) is 0 Å². The van der Waals surface area contributed by atoms with Crippen molar-refractivity contribution in [2.24, 2.45) is 0 Å².